The third-order valence-electron chi connectivity index (χ3n) is 3.09. The van der Waals surface area contributed by atoms with Gasteiger partial charge in [0.15, 0.2) is 0 Å². The molecule has 0 radical (unpaired) electrons. The lowest BCUT2D eigenvalue weighted by Gasteiger charge is -2.20. The first-order chi connectivity index (χ1) is 7.74. The van der Waals surface area contributed by atoms with Gasteiger partial charge in [-0.2, -0.15) is 0 Å². The Balaban J connectivity index is 3.36. The molecule has 0 aromatic carbocycles. The van der Waals surface area contributed by atoms with E-state index in [1.165, 1.54) is 51.7 Å². The van der Waals surface area contributed by atoms with Crippen molar-refractivity contribution in [2.24, 2.45) is 0 Å². The molecule has 16 heavy (non-hydrogen) atoms. The predicted octanol–water partition coefficient (Wildman–Crippen LogP) is 3.28. The van der Waals surface area contributed by atoms with Crippen molar-refractivity contribution in [3.63, 3.8) is 0 Å². The van der Waals surface area contributed by atoms with Crippen LogP contribution in [0.5, 0.6) is 0 Å². The molecule has 0 spiro atoms. The molecule has 1 unspecified atom stereocenters. The maximum absolute atomic E-state index is 3.55. The van der Waals surface area contributed by atoms with E-state index in [0.717, 1.165) is 6.54 Å². The summed E-state index contributed by atoms with van der Waals surface area (Å²) in [6.45, 7) is 14.0. The summed E-state index contributed by atoms with van der Waals surface area (Å²) in [5.41, 5.74) is 0. The molecule has 0 saturated carbocycles. The summed E-state index contributed by atoms with van der Waals surface area (Å²) < 4.78 is 0. The van der Waals surface area contributed by atoms with Crippen molar-refractivity contribution in [2.75, 3.05) is 26.2 Å². The maximum atomic E-state index is 3.55. The summed E-state index contributed by atoms with van der Waals surface area (Å²) in [5.74, 6) is 0. The van der Waals surface area contributed by atoms with Crippen LogP contribution in [-0.4, -0.2) is 37.1 Å². The quantitative estimate of drug-likeness (QED) is 0.546. The Bertz CT molecular complexity index is 137. The zero-order chi connectivity index (χ0) is 12.2. The van der Waals surface area contributed by atoms with Gasteiger partial charge in [-0.15, -0.1) is 0 Å². The summed E-state index contributed by atoms with van der Waals surface area (Å²) >= 11 is 0. The van der Waals surface area contributed by atoms with Gasteiger partial charge in [-0.05, 0) is 58.8 Å². The Labute approximate surface area is 103 Å². The van der Waals surface area contributed by atoms with Gasteiger partial charge in [0, 0.05) is 6.04 Å². The molecule has 0 bridgehead atoms. The van der Waals surface area contributed by atoms with Crippen LogP contribution in [0.1, 0.15) is 59.8 Å². The topological polar surface area (TPSA) is 15.3 Å². The van der Waals surface area contributed by atoms with Gasteiger partial charge in [-0.1, -0.05) is 27.2 Å². The molecule has 2 nitrogen and oxygen atoms in total. The standard InChI is InChI=1S/C14H32N2/c1-5-11-15-14(4)10-8-9-13-16(7-3)12-6-2/h14-15H,5-13H2,1-4H3. The van der Waals surface area contributed by atoms with Crippen LogP contribution in [-0.2, 0) is 0 Å². The minimum atomic E-state index is 0.696. The molecule has 2 heteroatoms. The van der Waals surface area contributed by atoms with E-state index >= 15 is 0 Å². The maximum Gasteiger partial charge on any atom is 0.00387 e. The molecule has 0 aromatic rings. The van der Waals surface area contributed by atoms with Gasteiger partial charge in [0.25, 0.3) is 0 Å². The van der Waals surface area contributed by atoms with Crippen LogP contribution in [0.4, 0.5) is 0 Å². The molecule has 1 atom stereocenters. The van der Waals surface area contributed by atoms with Crippen LogP contribution in [0.15, 0.2) is 0 Å². The van der Waals surface area contributed by atoms with Crippen LogP contribution in [0.3, 0.4) is 0 Å². The highest BCUT2D eigenvalue weighted by Crippen LogP contribution is 2.03. The van der Waals surface area contributed by atoms with E-state index in [9.17, 15) is 0 Å². The van der Waals surface area contributed by atoms with Crippen LogP contribution >= 0.6 is 0 Å². The van der Waals surface area contributed by atoms with Gasteiger partial charge in [-0.25, -0.2) is 0 Å². The van der Waals surface area contributed by atoms with Gasteiger partial charge < -0.3 is 10.2 Å². The molecule has 0 amide bonds. The lowest BCUT2D eigenvalue weighted by atomic mass is 10.1. The van der Waals surface area contributed by atoms with Crippen LogP contribution < -0.4 is 5.32 Å². The monoisotopic (exact) mass is 228 g/mol. The zero-order valence-electron chi connectivity index (χ0n) is 11.9. The number of rotatable bonds is 11. The van der Waals surface area contributed by atoms with E-state index in [-0.39, 0.29) is 0 Å². The predicted molar refractivity (Wildman–Crippen MR) is 74.0 cm³/mol. The van der Waals surface area contributed by atoms with Crippen molar-refractivity contribution >= 4 is 0 Å². The lowest BCUT2D eigenvalue weighted by molar-refractivity contribution is 0.279. The minimum Gasteiger partial charge on any atom is -0.314 e. The van der Waals surface area contributed by atoms with E-state index in [4.69, 9.17) is 0 Å². The Morgan fingerprint density at radius 3 is 2.31 bits per heavy atom. The van der Waals surface area contributed by atoms with Gasteiger partial charge in [0.1, 0.15) is 0 Å². The van der Waals surface area contributed by atoms with Crippen molar-refractivity contribution in [1.29, 1.82) is 0 Å². The van der Waals surface area contributed by atoms with Gasteiger partial charge >= 0.3 is 0 Å². The SMILES string of the molecule is CCCNC(C)CCCCN(CC)CCC. The minimum absolute atomic E-state index is 0.696. The van der Waals surface area contributed by atoms with Crippen LogP contribution in [0.2, 0.25) is 0 Å². The molecule has 0 aliphatic heterocycles. The number of nitrogens with zero attached hydrogens (tertiary/aromatic N) is 1. The highest BCUT2D eigenvalue weighted by atomic mass is 15.1. The Morgan fingerprint density at radius 2 is 1.75 bits per heavy atom. The third kappa shape index (κ3) is 9.17. The number of nitrogens with one attached hydrogen (secondary N) is 1. The first-order valence-corrected chi connectivity index (χ1v) is 7.20. The molecular formula is C14H32N2. The number of unbranched alkanes of at least 4 members (excludes halogenated alkanes) is 1. The smallest absolute Gasteiger partial charge is 0.00387 e. The second-order valence-corrected chi connectivity index (χ2v) is 4.79. The molecule has 0 aliphatic rings. The molecule has 0 rings (SSSR count). The lowest BCUT2D eigenvalue weighted by Crippen LogP contribution is -2.28. The van der Waals surface area contributed by atoms with Gasteiger partial charge in [-0.3, -0.25) is 0 Å². The molecule has 0 heterocycles. The van der Waals surface area contributed by atoms with Crippen molar-refractivity contribution in [2.45, 2.75) is 65.8 Å². The summed E-state index contributed by atoms with van der Waals surface area (Å²) in [6, 6.07) is 0.696. The van der Waals surface area contributed by atoms with Crippen molar-refractivity contribution in [3.05, 3.63) is 0 Å². The number of hydrogen-bond acceptors (Lipinski definition) is 2. The van der Waals surface area contributed by atoms with E-state index < -0.39 is 0 Å². The third-order valence-corrected chi connectivity index (χ3v) is 3.09. The normalized spacial score (nSPS) is 13.3. The molecular weight excluding hydrogens is 196 g/mol. The van der Waals surface area contributed by atoms with Crippen LogP contribution in [0, 0.1) is 0 Å². The first kappa shape index (κ1) is 15.9. The molecule has 98 valence electrons. The summed E-state index contributed by atoms with van der Waals surface area (Å²) in [5, 5.41) is 3.55. The summed E-state index contributed by atoms with van der Waals surface area (Å²) in [4.78, 5) is 2.56. The van der Waals surface area contributed by atoms with Gasteiger partial charge in [0.05, 0.1) is 0 Å². The zero-order valence-corrected chi connectivity index (χ0v) is 11.9. The highest BCUT2D eigenvalue weighted by molar-refractivity contribution is 4.61. The first-order valence-electron chi connectivity index (χ1n) is 7.20. The Hall–Kier alpha value is -0.0800. The molecule has 0 saturated heterocycles. The molecule has 0 fully saturated rings. The van der Waals surface area contributed by atoms with Crippen molar-refractivity contribution < 1.29 is 0 Å². The fraction of sp³-hybridized carbons (Fsp3) is 1.00. The van der Waals surface area contributed by atoms with Crippen LogP contribution in [0.25, 0.3) is 0 Å². The fourth-order valence-electron chi connectivity index (χ4n) is 2.02. The number of hydrogen-bond donors (Lipinski definition) is 1. The van der Waals surface area contributed by atoms with E-state index in [1.54, 1.807) is 0 Å². The second-order valence-electron chi connectivity index (χ2n) is 4.79. The largest absolute Gasteiger partial charge is 0.314 e. The summed E-state index contributed by atoms with van der Waals surface area (Å²) in [7, 11) is 0. The highest BCUT2D eigenvalue weighted by Gasteiger charge is 2.02. The molecule has 0 aliphatic carbocycles. The average Bonchev–Trinajstić information content (AvgIpc) is 2.30. The Morgan fingerprint density at radius 1 is 1.00 bits per heavy atom. The second kappa shape index (κ2) is 11.4. The average molecular weight is 228 g/mol. The fourth-order valence-corrected chi connectivity index (χ4v) is 2.02. The van der Waals surface area contributed by atoms with Gasteiger partial charge in [0.2, 0.25) is 0 Å². The van der Waals surface area contributed by atoms with E-state index in [2.05, 4.69) is 37.9 Å². The van der Waals surface area contributed by atoms with E-state index in [0.29, 0.717) is 6.04 Å². The van der Waals surface area contributed by atoms with E-state index in [1.807, 2.05) is 0 Å². The molecule has 0 aromatic heterocycles. The van der Waals surface area contributed by atoms with Crippen molar-refractivity contribution in [1.82, 2.24) is 10.2 Å². The Kier molecular flexibility index (Phi) is 11.3. The van der Waals surface area contributed by atoms with Crippen molar-refractivity contribution in [3.8, 4) is 0 Å². The summed E-state index contributed by atoms with van der Waals surface area (Å²) in [6.07, 6.45) is 6.56. The molecule has 1 N–H and O–H groups in total.